The molecule has 0 fully saturated rings. The van der Waals surface area contributed by atoms with E-state index in [1.54, 1.807) is 0 Å². The Labute approximate surface area is 113 Å². The Morgan fingerprint density at radius 1 is 1.32 bits per heavy atom. The van der Waals surface area contributed by atoms with Crippen molar-refractivity contribution in [2.24, 2.45) is 0 Å². The van der Waals surface area contributed by atoms with Crippen molar-refractivity contribution < 1.29 is 4.79 Å². The molecule has 0 aliphatic carbocycles. The number of carbonyl (C=O) groups is 1. The smallest absolute Gasteiger partial charge is 0.251 e. The Hall–Kier alpha value is -2.10. The third-order valence-corrected chi connectivity index (χ3v) is 3.22. The number of hydrogen-bond donors (Lipinski definition) is 2. The summed E-state index contributed by atoms with van der Waals surface area (Å²) in [6.45, 7) is 6.57. The lowest BCUT2D eigenvalue weighted by atomic mass is 10.1. The molecule has 0 spiro atoms. The number of aryl methyl sites for hydroxylation is 3. The van der Waals surface area contributed by atoms with Crippen LogP contribution in [-0.2, 0) is 6.42 Å². The maximum Gasteiger partial charge on any atom is 0.251 e. The highest BCUT2D eigenvalue weighted by Gasteiger charge is 2.08. The van der Waals surface area contributed by atoms with E-state index < -0.39 is 0 Å². The molecule has 0 atom stereocenters. The van der Waals surface area contributed by atoms with Crippen molar-refractivity contribution in [2.75, 3.05) is 6.54 Å². The average Bonchev–Trinajstić information content (AvgIpc) is 2.70. The first kappa shape index (κ1) is 13.3. The molecule has 2 N–H and O–H groups in total. The van der Waals surface area contributed by atoms with E-state index in [-0.39, 0.29) is 5.91 Å². The van der Waals surface area contributed by atoms with Gasteiger partial charge in [-0.1, -0.05) is 17.7 Å². The monoisotopic (exact) mass is 257 g/mol. The molecule has 4 heteroatoms. The van der Waals surface area contributed by atoms with Crippen LogP contribution in [0.2, 0.25) is 0 Å². The highest BCUT2D eigenvalue weighted by Crippen LogP contribution is 2.09. The second kappa shape index (κ2) is 5.69. The number of aromatic nitrogens is 2. The SMILES string of the molecule is Cc1cccc(C(=O)NCCc2c(C)n[nH]c2C)c1. The lowest BCUT2D eigenvalue weighted by Crippen LogP contribution is -2.25. The summed E-state index contributed by atoms with van der Waals surface area (Å²) in [5.41, 5.74) is 5.06. The molecular weight excluding hydrogens is 238 g/mol. The van der Waals surface area contributed by atoms with Crippen LogP contribution in [0.25, 0.3) is 0 Å². The fourth-order valence-corrected chi connectivity index (χ4v) is 2.13. The molecule has 1 aromatic heterocycles. The number of carbonyl (C=O) groups excluding carboxylic acids is 1. The van der Waals surface area contributed by atoms with Crippen LogP contribution in [-0.4, -0.2) is 22.6 Å². The second-order valence-corrected chi connectivity index (χ2v) is 4.79. The molecule has 1 amide bonds. The summed E-state index contributed by atoms with van der Waals surface area (Å²) < 4.78 is 0. The van der Waals surface area contributed by atoms with Crippen LogP contribution in [0.5, 0.6) is 0 Å². The molecule has 1 heterocycles. The van der Waals surface area contributed by atoms with Crippen LogP contribution >= 0.6 is 0 Å². The van der Waals surface area contributed by atoms with Crippen molar-refractivity contribution in [2.45, 2.75) is 27.2 Å². The van der Waals surface area contributed by atoms with E-state index in [1.807, 2.05) is 45.0 Å². The summed E-state index contributed by atoms with van der Waals surface area (Å²) in [5.74, 6) is -0.0255. The number of aromatic amines is 1. The van der Waals surface area contributed by atoms with E-state index >= 15 is 0 Å². The summed E-state index contributed by atoms with van der Waals surface area (Å²) in [5, 5.41) is 10.0. The number of nitrogens with zero attached hydrogens (tertiary/aromatic N) is 1. The van der Waals surface area contributed by atoms with Gasteiger partial charge in [0.15, 0.2) is 0 Å². The van der Waals surface area contributed by atoms with E-state index in [0.29, 0.717) is 12.1 Å². The number of benzene rings is 1. The normalized spacial score (nSPS) is 10.5. The van der Waals surface area contributed by atoms with Gasteiger partial charge in [-0.3, -0.25) is 9.89 Å². The first-order chi connectivity index (χ1) is 9.08. The summed E-state index contributed by atoms with van der Waals surface area (Å²) in [7, 11) is 0. The van der Waals surface area contributed by atoms with Crippen LogP contribution in [0, 0.1) is 20.8 Å². The number of nitrogens with one attached hydrogen (secondary N) is 2. The molecule has 0 saturated carbocycles. The number of rotatable bonds is 4. The minimum atomic E-state index is -0.0255. The molecule has 0 aliphatic rings. The number of hydrogen-bond acceptors (Lipinski definition) is 2. The quantitative estimate of drug-likeness (QED) is 0.883. The summed E-state index contributed by atoms with van der Waals surface area (Å²) in [6.07, 6.45) is 0.797. The Morgan fingerprint density at radius 3 is 2.74 bits per heavy atom. The van der Waals surface area contributed by atoms with E-state index in [4.69, 9.17) is 0 Å². The van der Waals surface area contributed by atoms with Gasteiger partial charge in [-0.2, -0.15) is 5.10 Å². The molecule has 0 radical (unpaired) electrons. The van der Waals surface area contributed by atoms with Gasteiger partial charge in [0.05, 0.1) is 5.69 Å². The van der Waals surface area contributed by atoms with Crippen LogP contribution in [0.4, 0.5) is 0 Å². The summed E-state index contributed by atoms with van der Waals surface area (Å²) in [4.78, 5) is 12.0. The molecular formula is C15H19N3O. The molecule has 0 bridgehead atoms. The standard InChI is InChI=1S/C15H19N3O/c1-10-5-4-6-13(9-10)15(19)16-8-7-14-11(2)17-18-12(14)3/h4-6,9H,7-8H2,1-3H3,(H,16,19)(H,17,18). The largest absolute Gasteiger partial charge is 0.352 e. The molecule has 0 saturated heterocycles. The number of H-pyrrole nitrogens is 1. The van der Waals surface area contributed by atoms with Gasteiger partial charge in [-0.25, -0.2) is 0 Å². The predicted octanol–water partition coefficient (Wildman–Crippen LogP) is 2.31. The van der Waals surface area contributed by atoms with Gasteiger partial charge < -0.3 is 5.32 Å². The van der Waals surface area contributed by atoms with Crippen LogP contribution in [0.15, 0.2) is 24.3 Å². The summed E-state index contributed by atoms with van der Waals surface area (Å²) in [6, 6.07) is 7.60. The Balaban J connectivity index is 1.91. The topological polar surface area (TPSA) is 57.8 Å². The fourth-order valence-electron chi connectivity index (χ4n) is 2.13. The van der Waals surface area contributed by atoms with Crippen molar-refractivity contribution in [1.82, 2.24) is 15.5 Å². The minimum Gasteiger partial charge on any atom is -0.352 e. The predicted molar refractivity (Wildman–Crippen MR) is 75.3 cm³/mol. The molecule has 4 nitrogen and oxygen atoms in total. The maximum absolute atomic E-state index is 12.0. The lowest BCUT2D eigenvalue weighted by molar-refractivity contribution is 0.0954. The van der Waals surface area contributed by atoms with Gasteiger partial charge in [0.1, 0.15) is 0 Å². The zero-order valence-electron chi connectivity index (χ0n) is 11.6. The van der Waals surface area contributed by atoms with E-state index in [2.05, 4.69) is 15.5 Å². The van der Waals surface area contributed by atoms with Crippen LogP contribution in [0.3, 0.4) is 0 Å². The first-order valence-corrected chi connectivity index (χ1v) is 6.43. The zero-order valence-corrected chi connectivity index (χ0v) is 11.6. The maximum atomic E-state index is 12.0. The van der Waals surface area contributed by atoms with Gasteiger partial charge >= 0.3 is 0 Å². The van der Waals surface area contributed by atoms with Gasteiger partial charge in [0.2, 0.25) is 0 Å². The first-order valence-electron chi connectivity index (χ1n) is 6.43. The Bertz CT molecular complexity index is 567. The molecule has 100 valence electrons. The van der Waals surface area contributed by atoms with Crippen molar-refractivity contribution in [1.29, 1.82) is 0 Å². The fraction of sp³-hybridized carbons (Fsp3) is 0.333. The van der Waals surface area contributed by atoms with Crippen LogP contribution in [0.1, 0.15) is 32.9 Å². The van der Waals surface area contributed by atoms with E-state index in [0.717, 1.165) is 23.4 Å². The van der Waals surface area contributed by atoms with E-state index in [9.17, 15) is 4.79 Å². The van der Waals surface area contributed by atoms with Crippen molar-refractivity contribution in [3.63, 3.8) is 0 Å². The van der Waals surface area contributed by atoms with Gasteiger partial charge in [0, 0.05) is 17.8 Å². The van der Waals surface area contributed by atoms with Gasteiger partial charge in [-0.05, 0) is 44.9 Å². The van der Waals surface area contributed by atoms with E-state index in [1.165, 1.54) is 5.56 Å². The average molecular weight is 257 g/mol. The third kappa shape index (κ3) is 3.22. The van der Waals surface area contributed by atoms with Crippen molar-refractivity contribution in [3.8, 4) is 0 Å². The van der Waals surface area contributed by atoms with Gasteiger partial charge in [0.25, 0.3) is 5.91 Å². The third-order valence-electron chi connectivity index (χ3n) is 3.22. The van der Waals surface area contributed by atoms with Crippen molar-refractivity contribution in [3.05, 3.63) is 52.3 Å². The molecule has 0 unspecified atom stereocenters. The van der Waals surface area contributed by atoms with Gasteiger partial charge in [-0.15, -0.1) is 0 Å². The second-order valence-electron chi connectivity index (χ2n) is 4.79. The Morgan fingerprint density at radius 2 is 2.11 bits per heavy atom. The zero-order chi connectivity index (χ0) is 13.8. The lowest BCUT2D eigenvalue weighted by Gasteiger charge is -2.06. The number of amides is 1. The molecule has 0 aliphatic heterocycles. The van der Waals surface area contributed by atoms with Crippen molar-refractivity contribution >= 4 is 5.91 Å². The highest BCUT2D eigenvalue weighted by molar-refractivity contribution is 5.94. The minimum absolute atomic E-state index is 0.0255. The summed E-state index contributed by atoms with van der Waals surface area (Å²) >= 11 is 0. The highest BCUT2D eigenvalue weighted by atomic mass is 16.1. The molecule has 1 aromatic carbocycles. The molecule has 2 rings (SSSR count). The molecule has 19 heavy (non-hydrogen) atoms. The Kier molecular flexibility index (Phi) is 4.00. The van der Waals surface area contributed by atoms with Crippen LogP contribution < -0.4 is 5.32 Å². The molecule has 2 aromatic rings.